The van der Waals surface area contributed by atoms with Gasteiger partial charge in [-0.3, -0.25) is 14.5 Å². The summed E-state index contributed by atoms with van der Waals surface area (Å²) in [7, 11) is 2.89. The molecule has 3 aromatic carbocycles. The molecule has 3 aromatic rings. The van der Waals surface area contributed by atoms with Gasteiger partial charge in [0.05, 0.1) is 36.4 Å². The second-order valence-electron chi connectivity index (χ2n) is 7.79. The SMILES string of the molecule is COc1cccc(N2C(=O)C(=O)/C(=C(/O)c3cc(C)cc(Cl)c3OC)C2c2cccc(O)c2)c1. The number of aliphatic hydroxyl groups excluding tert-OH is 1. The molecule has 0 spiro atoms. The molecule has 8 heteroatoms. The van der Waals surface area contributed by atoms with Crippen LogP contribution in [0.25, 0.3) is 5.76 Å². The van der Waals surface area contributed by atoms with Gasteiger partial charge in [0, 0.05) is 11.8 Å². The number of phenols is 1. The molecule has 2 N–H and O–H groups in total. The van der Waals surface area contributed by atoms with Gasteiger partial charge in [0.25, 0.3) is 11.7 Å². The van der Waals surface area contributed by atoms with Crippen molar-refractivity contribution >= 4 is 34.7 Å². The molecule has 7 nitrogen and oxygen atoms in total. The van der Waals surface area contributed by atoms with Crippen LogP contribution in [0.15, 0.2) is 66.2 Å². The number of halogens is 1. The van der Waals surface area contributed by atoms with Crippen LogP contribution in [0, 0.1) is 6.92 Å². The van der Waals surface area contributed by atoms with Crippen LogP contribution >= 0.6 is 11.6 Å². The molecule has 1 fully saturated rings. The van der Waals surface area contributed by atoms with Crippen molar-refractivity contribution in [3.05, 3.63) is 87.9 Å². The summed E-state index contributed by atoms with van der Waals surface area (Å²) < 4.78 is 10.7. The smallest absolute Gasteiger partial charge is 0.300 e. The first-order chi connectivity index (χ1) is 16.3. The molecule has 1 saturated heterocycles. The Morgan fingerprint density at radius 2 is 1.74 bits per heavy atom. The quantitative estimate of drug-likeness (QED) is 0.304. The number of carbonyl (C=O) groups is 2. The number of amides is 1. The monoisotopic (exact) mass is 479 g/mol. The third-order valence-electron chi connectivity index (χ3n) is 5.61. The Morgan fingerprint density at radius 1 is 1.00 bits per heavy atom. The first-order valence-corrected chi connectivity index (χ1v) is 10.7. The average Bonchev–Trinajstić information content (AvgIpc) is 3.08. The molecular formula is C26H22ClNO6. The van der Waals surface area contributed by atoms with E-state index in [0.717, 1.165) is 5.56 Å². The largest absolute Gasteiger partial charge is 0.508 e. The van der Waals surface area contributed by atoms with Crippen molar-refractivity contribution in [3.8, 4) is 17.2 Å². The maximum absolute atomic E-state index is 13.3. The van der Waals surface area contributed by atoms with Crippen molar-refractivity contribution in [3.63, 3.8) is 0 Å². The Labute approximate surface area is 201 Å². The van der Waals surface area contributed by atoms with Crippen LogP contribution in [0.3, 0.4) is 0 Å². The number of rotatable bonds is 5. The fourth-order valence-corrected chi connectivity index (χ4v) is 4.48. The number of ketones is 1. The van der Waals surface area contributed by atoms with Crippen molar-refractivity contribution in [1.82, 2.24) is 0 Å². The number of phenolic OH excluding ortho intramolecular Hbond substituents is 1. The number of aromatic hydroxyl groups is 1. The van der Waals surface area contributed by atoms with Crippen LogP contribution in [0.2, 0.25) is 5.02 Å². The normalized spacial score (nSPS) is 17.2. The Bertz CT molecular complexity index is 1330. The number of hydrogen-bond acceptors (Lipinski definition) is 6. The molecule has 0 bridgehead atoms. The lowest BCUT2D eigenvalue weighted by Crippen LogP contribution is -2.29. The summed E-state index contributed by atoms with van der Waals surface area (Å²) in [6.45, 7) is 1.78. The van der Waals surface area contributed by atoms with Gasteiger partial charge in [0.1, 0.15) is 23.0 Å². The van der Waals surface area contributed by atoms with E-state index < -0.39 is 23.5 Å². The molecule has 1 atom stereocenters. The van der Waals surface area contributed by atoms with Crippen molar-refractivity contribution in [2.45, 2.75) is 13.0 Å². The number of ether oxygens (including phenoxy) is 2. The standard InChI is InChI=1S/C26H22ClNO6/c1-14-10-19(25(34-3)20(27)11-14)23(30)21-22(15-6-4-8-17(29)12-15)28(26(32)24(21)31)16-7-5-9-18(13-16)33-2/h4-13,22,29-30H,1-3H3/b23-21+. The van der Waals surface area contributed by atoms with Crippen LogP contribution in [-0.4, -0.2) is 36.1 Å². The minimum atomic E-state index is -1.02. The van der Waals surface area contributed by atoms with E-state index in [4.69, 9.17) is 21.1 Å². The minimum Gasteiger partial charge on any atom is -0.508 e. The molecule has 0 saturated carbocycles. The average molecular weight is 480 g/mol. The fraction of sp³-hybridized carbons (Fsp3) is 0.154. The van der Waals surface area contributed by atoms with Gasteiger partial charge in [-0.05, 0) is 54.4 Å². The van der Waals surface area contributed by atoms with Crippen LogP contribution in [0.5, 0.6) is 17.2 Å². The summed E-state index contributed by atoms with van der Waals surface area (Å²) in [6.07, 6.45) is 0. The highest BCUT2D eigenvalue weighted by molar-refractivity contribution is 6.51. The van der Waals surface area contributed by atoms with Gasteiger partial charge in [-0.2, -0.15) is 0 Å². The summed E-state index contributed by atoms with van der Waals surface area (Å²) in [4.78, 5) is 27.9. The maximum atomic E-state index is 13.3. The van der Waals surface area contributed by atoms with Crippen LogP contribution in [-0.2, 0) is 9.59 Å². The van der Waals surface area contributed by atoms with E-state index >= 15 is 0 Å². The summed E-state index contributed by atoms with van der Waals surface area (Å²) in [6, 6.07) is 15.1. The summed E-state index contributed by atoms with van der Waals surface area (Å²) in [5.74, 6) is -1.54. The number of nitrogens with zero attached hydrogens (tertiary/aromatic N) is 1. The highest BCUT2D eigenvalue weighted by atomic mass is 35.5. The summed E-state index contributed by atoms with van der Waals surface area (Å²) >= 11 is 6.31. The highest BCUT2D eigenvalue weighted by Gasteiger charge is 2.47. The molecule has 1 heterocycles. The lowest BCUT2D eigenvalue weighted by molar-refractivity contribution is -0.132. The van der Waals surface area contributed by atoms with E-state index in [-0.39, 0.29) is 27.7 Å². The number of aryl methyl sites for hydroxylation is 1. The Morgan fingerprint density at radius 3 is 2.41 bits per heavy atom. The molecule has 1 unspecified atom stereocenters. The van der Waals surface area contributed by atoms with Crippen LogP contribution in [0.1, 0.15) is 22.7 Å². The van der Waals surface area contributed by atoms with E-state index in [1.165, 1.54) is 31.3 Å². The van der Waals surface area contributed by atoms with Crippen molar-refractivity contribution in [2.24, 2.45) is 0 Å². The number of Topliss-reactive ketones (excluding diaryl/α,β-unsaturated/α-hetero) is 1. The Hall–Kier alpha value is -3.97. The molecule has 0 aromatic heterocycles. The first kappa shape index (κ1) is 23.2. The maximum Gasteiger partial charge on any atom is 0.300 e. The highest BCUT2D eigenvalue weighted by Crippen LogP contribution is 2.45. The van der Waals surface area contributed by atoms with Crippen LogP contribution < -0.4 is 14.4 Å². The van der Waals surface area contributed by atoms with Crippen molar-refractivity contribution < 1.29 is 29.3 Å². The molecule has 1 aliphatic heterocycles. The molecule has 34 heavy (non-hydrogen) atoms. The fourth-order valence-electron chi connectivity index (χ4n) is 4.13. The summed E-state index contributed by atoms with van der Waals surface area (Å²) in [5, 5.41) is 21.8. The molecule has 4 rings (SSSR count). The van der Waals surface area contributed by atoms with Gasteiger partial charge in [-0.1, -0.05) is 29.8 Å². The Balaban J connectivity index is 2.02. The number of hydrogen-bond donors (Lipinski definition) is 2. The number of anilines is 1. The predicted molar refractivity (Wildman–Crippen MR) is 129 cm³/mol. The zero-order chi connectivity index (χ0) is 24.6. The minimum absolute atomic E-state index is 0.0510. The second-order valence-corrected chi connectivity index (χ2v) is 8.20. The topological polar surface area (TPSA) is 96.3 Å². The molecular weight excluding hydrogens is 458 g/mol. The number of carbonyl (C=O) groups excluding carboxylic acids is 2. The van der Waals surface area contributed by atoms with E-state index in [2.05, 4.69) is 0 Å². The summed E-state index contributed by atoms with van der Waals surface area (Å²) in [5.41, 5.74) is 1.58. The van der Waals surface area contributed by atoms with E-state index in [1.54, 1.807) is 55.5 Å². The van der Waals surface area contributed by atoms with E-state index in [1.807, 2.05) is 0 Å². The van der Waals surface area contributed by atoms with Gasteiger partial charge >= 0.3 is 0 Å². The van der Waals surface area contributed by atoms with E-state index in [0.29, 0.717) is 17.0 Å². The third kappa shape index (κ3) is 3.95. The lowest BCUT2D eigenvalue weighted by Gasteiger charge is -2.26. The zero-order valence-corrected chi connectivity index (χ0v) is 19.5. The molecule has 1 amide bonds. The Kier molecular flexibility index (Phi) is 6.22. The third-order valence-corrected chi connectivity index (χ3v) is 5.89. The van der Waals surface area contributed by atoms with Gasteiger partial charge < -0.3 is 19.7 Å². The number of aliphatic hydroxyl groups is 1. The zero-order valence-electron chi connectivity index (χ0n) is 18.7. The van der Waals surface area contributed by atoms with Gasteiger partial charge in [-0.15, -0.1) is 0 Å². The van der Waals surface area contributed by atoms with Crippen LogP contribution in [0.4, 0.5) is 5.69 Å². The van der Waals surface area contributed by atoms with Crippen molar-refractivity contribution in [2.75, 3.05) is 19.1 Å². The number of methoxy groups -OCH3 is 2. The number of benzene rings is 3. The first-order valence-electron chi connectivity index (χ1n) is 10.3. The molecule has 0 aliphatic carbocycles. The van der Waals surface area contributed by atoms with Gasteiger partial charge in [-0.25, -0.2) is 0 Å². The van der Waals surface area contributed by atoms with E-state index in [9.17, 15) is 19.8 Å². The molecule has 0 radical (unpaired) electrons. The second kappa shape index (κ2) is 9.11. The van der Waals surface area contributed by atoms with Crippen molar-refractivity contribution in [1.29, 1.82) is 0 Å². The van der Waals surface area contributed by atoms with Gasteiger partial charge in [0.2, 0.25) is 0 Å². The molecule has 174 valence electrons. The lowest BCUT2D eigenvalue weighted by atomic mass is 9.94. The predicted octanol–water partition coefficient (Wildman–Crippen LogP) is 5.00. The molecule has 1 aliphatic rings. The van der Waals surface area contributed by atoms with Gasteiger partial charge in [0.15, 0.2) is 0 Å².